The number of amides is 1. The van der Waals surface area contributed by atoms with E-state index in [1.54, 1.807) is 7.05 Å². The van der Waals surface area contributed by atoms with Crippen LogP contribution in [0.1, 0.15) is 44.9 Å². The van der Waals surface area contributed by atoms with Crippen molar-refractivity contribution in [2.45, 2.75) is 51.0 Å². The van der Waals surface area contributed by atoms with Crippen molar-refractivity contribution in [2.75, 3.05) is 33.3 Å². The summed E-state index contributed by atoms with van der Waals surface area (Å²) < 4.78 is 5.42. The van der Waals surface area contributed by atoms with E-state index in [2.05, 4.69) is 26.6 Å². The fourth-order valence-electron chi connectivity index (χ4n) is 4.39. The van der Waals surface area contributed by atoms with Gasteiger partial charge in [-0.2, -0.15) is 5.10 Å². The van der Waals surface area contributed by atoms with Crippen molar-refractivity contribution in [1.82, 2.24) is 21.5 Å². The molecule has 0 aromatic carbocycles. The van der Waals surface area contributed by atoms with Crippen LogP contribution in [0.5, 0.6) is 0 Å². The van der Waals surface area contributed by atoms with Crippen LogP contribution in [0.15, 0.2) is 5.10 Å². The first kappa shape index (κ1) is 23.4. The second kappa shape index (κ2) is 12.6. The number of hydrogen-bond acceptors (Lipinski definition) is 8. The number of nitrogens with zero attached hydrogens (tertiary/aromatic N) is 1. The van der Waals surface area contributed by atoms with E-state index in [1.807, 2.05) is 0 Å². The van der Waals surface area contributed by atoms with E-state index in [4.69, 9.17) is 16.3 Å². The van der Waals surface area contributed by atoms with Crippen LogP contribution < -0.4 is 33.1 Å². The number of carbonyl (C=O) groups is 2. The van der Waals surface area contributed by atoms with Crippen molar-refractivity contribution in [3.63, 3.8) is 0 Å². The highest BCUT2D eigenvalue weighted by molar-refractivity contribution is 5.80. The number of hydrazone groups is 1. The summed E-state index contributed by atoms with van der Waals surface area (Å²) in [4.78, 5) is 23.8. The predicted molar refractivity (Wildman–Crippen MR) is 111 cm³/mol. The highest BCUT2D eigenvalue weighted by atomic mass is 16.5. The number of hydrogen-bond donors (Lipinski definition) is 6. The van der Waals surface area contributed by atoms with Gasteiger partial charge in [-0.1, -0.05) is 6.42 Å². The van der Waals surface area contributed by atoms with Gasteiger partial charge in [0.15, 0.2) is 0 Å². The third-order valence-electron chi connectivity index (χ3n) is 5.94. The Bertz CT molecular complexity index is 558. The molecule has 1 amide bonds. The average molecular weight is 412 g/mol. The van der Waals surface area contributed by atoms with Gasteiger partial charge in [-0.15, -0.1) is 0 Å². The van der Waals surface area contributed by atoms with Crippen LogP contribution in [0.2, 0.25) is 0 Å². The van der Waals surface area contributed by atoms with Gasteiger partial charge in [0.05, 0.1) is 13.2 Å². The van der Waals surface area contributed by atoms with Crippen molar-refractivity contribution in [1.29, 1.82) is 0 Å². The molecule has 8 N–H and O–H groups in total. The lowest BCUT2D eigenvalue weighted by atomic mass is 9.69. The maximum Gasteiger partial charge on any atom is 0.323 e. The Morgan fingerprint density at radius 3 is 2.83 bits per heavy atom. The molecule has 2 aliphatic rings. The van der Waals surface area contributed by atoms with Gasteiger partial charge in [-0.05, 0) is 63.5 Å². The molecule has 0 aromatic heterocycles. The van der Waals surface area contributed by atoms with Crippen LogP contribution in [-0.2, 0) is 14.3 Å². The maximum atomic E-state index is 12.4. The van der Waals surface area contributed by atoms with Crippen molar-refractivity contribution in [2.24, 2.45) is 34.4 Å². The molecule has 4 atom stereocenters. The Morgan fingerprint density at radius 2 is 2.07 bits per heavy atom. The van der Waals surface area contributed by atoms with Gasteiger partial charge < -0.3 is 26.4 Å². The number of ether oxygens (including phenoxy) is 1. The molecule has 1 aliphatic heterocycles. The largest absolute Gasteiger partial charge is 0.464 e. The van der Waals surface area contributed by atoms with Gasteiger partial charge in [0, 0.05) is 13.0 Å². The van der Waals surface area contributed by atoms with Gasteiger partial charge in [0.1, 0.15) is 11.9 Å². The summed E-state index contributed by atoms with van der Waals surface area (Å²) >= 11 is 0. The third-order valence-corrected chi connectivity index (χ3v) is 5.94. The summed E-state index contributed by atoms with van der Waals surface area (Å²) in [5.74, 6) is 7.23. The first-order valence-corrected chi connectivity index (χ1v) is 10.6. The van der Waals surface area contributed by atoms with E-state index >= 15 is 0 Å². The minimum absolute atomic E-state index is 0.0574. The molecule has 1 aliphatic carbocycles. The van der Waals surface area contributed by atoms with Crippen LogP contribution in [0.25, 0.3) is 0 Å². The number of esters is 1. The van der Waals surface area contributed by atoms with E-state index in [1.165, 1.54) is 12.8 Å². The smallest absolute Gasteiger partial charge is 0.323 e. The Hall–Kier alpha value is -1.91. The molecule has 4 unspecified atom stereocenters. The van der Waals surface area contributed by atoms with E-state index < -0.39 is 0 Å². The lowest BCUT2D eigenvalue weighted by Gasteiger charge is -2.42. The van der Waals surface area contributed by atoms with Crippen molar-refractivity contribution >= 4 is 17.7 Å². The highest BCUT2D eigenvalue weighted by Crippen LogP contribution is 2.40. The molecule has 29 heavy (non-hydrogen) atoms. The van der Waals surface area contributed by atoms with Crippen LogP contribution >= 0.6 is 0 Å². The van der Waals surface area contributed by atoms with Gasteiger partial charge >= 0.3 is 5.97 Å². The molecular formula is C19H37N7O3. The summed E-state index contributed by atoms with van der Waals surface area (Å²) in [7, 11) is 1.72. The number of likely N-dealkylation sites (N-methyl/N-ethyl adjacent to an activating group) is 1. The molecule has 10 heteroatoms. The quantitative estimate of drug-likeness (QED) is 0.0642. The predicted octanol–water partition coefficient (Wildman–Crippen LogP) is -0.835. The SMILES string of the molecule is CNCC(=O)NCCCOC(=O)C1CC2CC(CC/C(N)=N/NN)CCC2CN1. The molecule has 166 valence electrons. The second-order valence-corrected chi connectivity index (χ2v) is 8.07. The molecule has 1 saturated heterocycles. The zero-order valence-electron chi connectivity index (χ0n) is 17.4. The first-order valence-electron chi connectivity index (χ1n) is 10.6. The summed E-state index contributed by atoms with van der Waals surface area (Å²) in [6.07, 6.45) is 6.68. The van der Waals surface area contributed by atoms with Gasteiger partial charge in [-0.3, -0.25) is 9.59 Å². The summed E-state index contributed by atoms with van der Waals surface area (Å²) in [5.41, 5.74) is 8.04. The molecule has 2 fully saturated rings. The lowest BCUT2D eigenvalue weighted by Crippen LogP contribution is -2.50. The minimum atomic E-state index is -0.234. The summed E-state index contributed by atoms with van der Waals surface area (Å²) in [6.45, 7) is 1.99. The lowest BCUT2D eigenvalue weighted by molar-refractivity contribution is -0.148. The fraction of sp³-hybridized carbons (Fsp3) is 0.842. The van der Waals surface area contributed by atoms with E-state index in [9.17, 15) is 9.59 Å². The van der Waals surface area contributed by atoms with Gasteiger partial charge in [-0.25, -0.2) is 11.4 Å². The third kappa shape index (κ3) is 8.15. The number of amidine groups is 1. The van der Waals surface area contributed by atoms with Crippen LogP contribution in [-0.4, -0.2) is 57.0 Å². The molecular weight excluding hydrogens is 374 g/mol. The molecule has 0 spiro atoms. The Balaban J connectivity index is 1.67. The fourth-order valence-corrected chi connectivity index (χ4v) is 4.39. The van der Waals surface area contributed by atoms with Crippen molar-refractivity contribution in [3.05, 3.63) is 0 Å². The van der Waals surface area contributed by atoms with E-state index in [0.717, 1.165) is 32.2 Å². The monoisotopic (exact) mass is 411 g/mol. The molecule has 1 saturated carbocycles. The molecule has 2 rings (SSSR count). The average Bonchev–Trinajstić information content (AvgIpc) is 2.71. The van der Waals surface area contributed by atoms with Crippen LogP contribution in [0, 0.1) is 17.8 Å². The maximum absolute atomic E-state index is 12.4. The molecule has 10 nitrogen and oxygen atoms in total. The topological polar surface area (TPSA) is 156 Å². The number of hydrazine groups is 1. The molecule has 0 radical (unpaired) electrons. The number of piperidine rings is 1. The normalized spacial score (nSPS) is 27.0. The molecule has 0 bridgehead atoms. The highest BCUT2D eigenvalue weighted by Gasteiger charge is 2.38. The number of fused-ring (bicyclic) bond motifs is 1. The van der Waals surface area contributed by atoms with Crippen LogP contribution in [0.3, 0.4) is 0 Å². The van der Waals surface area contributed by atoms with Gasteiger partial charge in [0.2, 0.25) is 5.91 Å². The minimum Gasteiger partial charge on any atom is -0.464 e. The number of nitrogens with two attached hydrogens (primary N) is 2. The second-order valence-electron chi connectivity index (χ2n) is 8.07. The van der Waals surface area contributed by atoms with E-state index in [0.29, 0.717) is 49.7 Å². The standard InChI is InChI=1S/C19H37N7O3/c1-22-12-18(27)23-7-2-8-29-19(28)16-10-15-9-13(3-5-14(15)11-24-16)4-6-17(20)25-26-21/h13-16,22,24,26H,2-12,21H2,1H3,(H2,20,25)(H,23,27). The number of nitrogens with one attached hydrogen (secondary N) is 4. The first-order chi connectivity index (χ1) is 14.0. The zero-order chi connectivity index (χ0) is 21.1. The zero-order valence-corrected chi connectivity index (χ0v) is 17.4. The number of rotatable bonds is 11. The summed E-state index contributed by atoms with van der Waals surface area (Å²) in [6, 6.07) is -0.234. The molecule has 0 aromatic rings. The Labute approximate surface area is 172 Å². The Kier molecular flexibility index (Phi) is 10.2. The van der Waals surface area contributed by atoms with E-state index in [-0.39, 0.29) is 17.9 Å². The summed E-state index contributed by atoms with van der Waals surface area (Å²) in [5, 5.41) is 12.7. The number of carbonyl (C=O) groups excluding carboxylic acids is 2. The van der Waals surface area contributed by atoms with Gasteiger partial charge in [0.25, 0.3) is 0 Å². The van der Waals surface area contributed by atoms with Crippen molar-refractivity contribution < 1.29 is 14.3 Å². The molecule has 1 heterocycles. The Morgan fingerprint density at radius 1 is 1.24 bits per heavy atom. The van der Waals surface area contributed by atoms with Crippen LogP contribution in [0.4, 0.5) is 0 Å². The van der Waals surface area contributed by atoms with Crippen molar-refractivity contribution in [3.8, 4) is 0 Å².